The van der Waals surface area contributed by atoms with Crippen LogP contribution in [0, 0.1) is 0 Å². The van der Waals surface area contributed by atoms with Gasteiger partial charge >= 0.3 is 0 Å². The lowest BCUT2D eigenvalue weighted by Gasteiger charge is -2.19. The summed E-state index contributed by atoms with van der Waals surface area (Å²) >= 11 is 0. The first-order valence-electron chi connectivity index (χ1n) is 6.40. The zero-order valence-electron chi connectivity index (χ0n) is 11.2. The Balaban J connectivity index is 0.00000289. The van der Waals surface area contributed by atoms with E-state index in [1.807, 2.05) is 6.07 Å². The van der Waals surface area contributed by atoms with Gasteiger partial charge in [-0.1, -0.05) is 26.3 Å². The standard InChI is InChI=1S/C14H23NO2.ClH/c1-3-5-9-15(4-2)10-8-12-6-7-13(16)14(17)11-12;/h6-7,11,16-17H,3-5,8-10H2,1-2H3;1H. The lowest BCUT2D eigenvalue weighted by Crippen LogP contribution is -2.26. The first-order valence-corrected chi connectivity index (χ1v) is 6.40. The Bertz CT molecular complexity index is 345. The molecule has 0 aliphatic rings. The maximum Gasteiger partial charge on any atom is 0.157 e. The second-order valence-electron chi connectivity index (χ2n) is 4.36. The topological polar surface area (TPSA) is 43.7 Å². The Labute approximate surface area is 116 Å². The number of nitrogens with zero attached hydrogens (tertiary/aromatic N) is 1. The van der Waals surface area contributed by atoms with Gasteiger partial charge in [-0.05, 0) is 43.6 Å². The van der Waals surface area contributed by atoms with Gasteiger partial charge in [0.2, 0.25) is 0 Å². The van der Waals surface area contributed by atoms with Gasteiger partial charge in [0.15, 0.2) is 11.5 Å². The molecule has 0 fully saturated rings. The van der Waals surface area contributed by atoms with Crippen LogP contribution >= 0.6 is 12.4 Å². The highest BCUT2D eigenvalue weighted by Crippen LogP contribution is 2.25. The van der Waals surface area contributed by atoms with E-state index in [2.05, 4.69) is 18.7 Å². The predicted molar refractivity (Wildman–Crippen MR) is 77.7 cm³/mol. The molecule has 3 nitrogen and oxygen atoms in total. The maximum atomic E-state index is 9.40. The largest absolute Gasteiger partial charge is 0.504 e. The third kappa shape index (κ3) is 5.61. The Morgan fingerprint density at radius 3 is 2.33 bits per heavy atom. The number of hydrogen-bond acceptors (Lipinski definition) is 3. The number of likely N-dealkylation sites (N-methyl/N-ethyl adjacent to an activating group) is 1. The maximum absolute atomic E-state index is 9.40. The number of halogens is 1. The number of rotatable bonds is 7. The smallest absolute Gasteiger partial charge is 0.157 e. The van der Waals surface area contributed by atoms with Crippen molar-refractivity contribution in [2.45, 2.75) is 33.1 Å². The summed E-state index contributed by atoms with van der Waals surface area (Å²) < 4.78 is 0. The van der Waals surface area contributed by atoms with Crippen molar-refractivity contribution in [3.63, 3.8) is 0 Å². The van der Waals surface area contributed by atoms with Gasteiger partial charge in [0.1, 0.15) is 0 Å². The molecule has 104 valence electrons. The number of aromatic hydroxyl groups is 2. The summed E-state index contributed by atoms with van der Waals surface area (Å²) in [6.45, 7) is 7.57. The highest BCUT2D eigenvalue weighted by atomic mass is 35.5. The average Bonchev–Trinajstić information content (AvgIpc) is 2.34. The monoisotopic (exact) mass is 273 g/mol. The molecule has 0 atom stereocenters. The molecular weight excluding hydrogens is 250 g/mol. The van der Waals surface area contributed by atoms with Crippen molar-refractivity contribution in [2.24, 2.45) is 0 Å². The van der Waals surface area contributed by atoms with Gasteiger partial charge in [-0.3, -0.25) is 0 Å². The molecule has 1 aromatic rings. The zero-order chi connectivity index (χ0) is 12.7. The molecule has 0 heterocycles. The van der Waals surface area contributed by atoms with E-state index in [9.17, 15) is 10.2 Å². The van der Waals surface area contributed by atoms with E-state index in [1.54, 1.807) is 12.1 Å². The lowest BCUT2D eigenvalue weighted by molar-refractivity contribution is 0.287. The second-order valence-corrected chi connectivity index (χ2v) is 4.36. The van der Waals surface area contributed by atoms with E-state index in [1.165, 1.54) is 12.8 Å². The Hall–Kier alpha value is -0.930. The van der Waals surface area contributed by atoms with Crippen molar-refractivity contribution in [1.29, 1.82) is 0 Å². The number of unbranched alkanes of at least 4 members (excludes halogenated alkanes) is 1. The van der Waals surface area contributed by atoms with Crippen LogP contribution < -0.4 is 0 Å². The quantitative estimate of drug-likeness (QED) is 0.750. The summed E-state index contributed by atoms with van der Waals surface area (Å²) in [5, 5.41) is 18.6. The van der Waals surface area contributed by atoms with Gasteiger partial charge in [-0.25, -0.2) is 0 Å². The third-order valence-electron chi connectivity index (χ3n) is 3.03. The van der Waals surface area contributed by atoms with Crippen LogP contribution in [0.1, 0.15) is 32.3 Å². The number of benzene rings is 1. The van der Waals surface area contributed by atoms with E-state index < -0.39 is 0 Å². The third-order valence-corrected chi connectivity index (χ3v) is 3.03. The summed E-state index contributed by atoms with van der Waals surface area (Å²) in [5.74, 6) is -0.0776. The molecule has 0 unspecified atom stereocenters. The number of phenols is 2. The molecule has 0 spiro atoms. The molecule has 1 rings (SSSR count). The highest BCUT2D eigenvalue weighted by Gasteiger charge is 2.04. The molecule has 0 saturated carbocycles. The summed E-state index contributed by atoms with van der Waals surface area (Å²) in [4.78, 5) is 2.41. The molecule has 0 aliphatic carbocycles. The molecule has 4 heteroatoms. The van der Waals surface area contributed by atoms with Gasteiger partial charge in [-0.15, -0.1) is 12.4 Å². The van der Waals surface area contributed by atoms with Crippen molar-refractivity contribution >= 4 is 12.4 Å². The van der Waals surface area contributed by atoms with Gasteiger partial charge < -0.3 is 15.1 Å². The minimum absolute atomic E-state index is 0. The molecule has 0 bridgehead atoms. The Kier molecular flexibility index (Phi) is 8.59. The van der Waals surface area contributed by atoms with Crippen LogP contribution in [0.3, 0.4) is 0 Å². The van der Waals surface area contributed by atoms with Crippen LogP contribution in [0.5, 0.6) is 11.5 Å². The van der Waals surface area contributed by atoms with Crippen molar-refractivity contribution in [3.05, 3.63) is 23.8 Å². The average molecular weight is 274 g/mol. The van der Waals surface area contributed by atoms with Gasteiger partial charge in [0, 0.05) is 6.54 Å². The minimum atomic E-state index is -0.0490. The normalized spacial score (nSPS) is 10.4. The number of hydrogen-bond donors (Lipinski definition) is 2. The van der Waals surface area contributed by atoms with E-state index in [-0.39, 0.29) is 23.9 Å². The van der Waals surface area contributed by atoms with Crippen molar-refractivity contribution < 1.29 is 10.2 Å². The van der Waals surface area contributed by atoms with Crippen LogP contribution in [0.15, 0.2) is 18.2 Å². The SMILES string of the molecule is CCCCN(CC)CCc1ccc(O)c(O)c1.Cl. The molecule has 18 heavy (non-hydrogen) atoms. The van der Waals surface area contributed by atoms with Crippen LogP contribution in [-0.2, 0) is 6.42 Å². The molecule has 2 N–H and O–H groups in total. The van der Waals surface area contributed by atoms with Crippen LogP contribution in [0.25, 0.3) is 0 Å². The summed E-state index contributed by atoms with van der Waals surface area (Å²) in [5.41, 5.74) is 1.07. The summed E-state index contributed by atoms with van der Waals surface area (Å²) in [6.07, 6.45) is 3.36. The molecule has 0 radical (unpaired) electrons. The number of phenolic OH excluding ortho intramolecular Hbond substituents is 2. The molecule has 0 aromatic heterocycles. The molecule has 1 aromatic carbocycles. The van der Waals surface area contributed by atoms with Gasteiger partial charge in [0.05, 0.1) is 0 Å². The van der Waals surface area contributed by atoms with Crippen molar-refractivity contribution in [3.8, 4) is 11.5 Å². The second kappa shape index (κ2) is 9.06. The van der Waals surface area contributed by atoms with E-state index in [0.717, 1.165) is 31.6 Å². The zero-order valence-corrected chi connectivity index (χ0v) is 12.0. The fourth-order valence-electron chi connectivity index (χ4n) is 1.82. The van der Waals surface area contributed by atoms with Gasteiger partial charge in [0.25, 0.3) is 0 Å². The summed E-state index contributed by atoms with van der Waals surface area (Å²) in [7, 11) is 0. The minimum Gasteiger partial charge on any atom is -0.504 e. The highest BCUT2D eigenvalue weighted by molar-refractivity contribution is 5.85. The Morgan fingerprint density at radius 1 is 1.06 bits per heavy atom. The fourth-order valence-corrected chi connectivity index (χ4v) is 1.82. The fraction of sp³-hybridized carbons (Fsp3) is 0.571. The van der Waals surface area contributed by atoms with E-state index in [4.69, 9.17) is 0 Å². The first-order chi connectivity index (χ1) is 8.17. The van der Waals surface area contributed by atoms with Gasteiger partial charge in [-0.2, -0.15) is 0 Å². The Morgan fingerprint density at radius 2 is 1.78 bits per heavy atom. The molecule has 0 amide bonds. The van der Waals surface area contributed by atoms with E-state index >= 15 is 0 Å². The van der Waals surface area contributed by atoms with Crippen LogP contribution in [0.2, 0.25) is 0 Å². The van der Waals surface area contributed by atoms with Crippen LogP contribution in [-0.4, -0.2) is 34.7 Å². The van der Waals surface area contributed by atoms with Crippen LogP contribution in [0.4, 0.5) is 0 Å². The summed E-state index contributed by atoms with van der Waals surface area (Å²) in [6, 6.07) is 5.05. The van der Waals surface area contributed by atoms with E-state index in [0.29, 0.717) is 0 Å². The lowest BCUT2D eigenvalue weighted by atomic mass is 10.1. The predicted octanol–water partition coefficient (Wildman–Crippen LogP) is 3.18. The molecule has 0 saturated heterocycles. The van der Waals surface area contributed by atoms with Crippen molar-refractivity contribution in [1.82, 2.24) is 4.90 Å². The van der Waals surface area contributed by atoms with Crippen molar-refractivity contribution in [2.75, 3.05) is 19.6 Å². The first kappa shape index (κ1) is 17.1. The molecular formula is C14H24ClNO2. The molecule has 0 aliphatic heterocycles.